The molecule has 0 heterocycles. The van der Waals surface area contributed by atoms with Crippen LogP contribution >= 0.6 is 12.2 Å². The minimum Gasteiger partial charge on any atom is -0.392 e. The Balaban J connectivity index is 4.70. The molecule has 120 valence electrons. The van der Waals surface area contributed by atoms with E-state index in [9.17, 15) is 8.42 Å². The largest absolute Gasteiger partial charge is 0.392 e. The summed E-state index contributed by atoms with van der Waals surface area (Å²) in [6, 6.07) is 0. The summed E-state index contributed by atoms with van der Waals surface area (Å²) in [6.07, 6.45) is 1.24. The van der Waals surface area contributed by atoms with Crippen molar-refractivity contribution in [2.24, 2.45) is 5.73 Å². The van der Waals surface area contributed by atoms with E-state index in [1.165, 1.54) is 4.31 Å². The first-order valence-corrected chi connectivity index (χ1v) is 9.26. The van der Waals surface area contributed by atoms with Crippen molar-refractivity contribution in [3.05, 3.63) is 0 Å². The molecule has 0 aliphatic rings. The molecule has 20 heavy (non-hydrogen) atoms. The molecular weight excluding hydrogens is 294 g/mol. The third-order valence-electron chi connectivity index (χ3n) is 3.54. The summed E-state index contributed by atoms with van der Waals surface area (Å²) in [5, 5.41) is -0.745. The van der Waals surface area contributed by atoms with Crippen molar-refractivity contribution in [1.82, 2.24) is 9.21 Å². The van der Waals surface area contributed by atoms with Crippen molar-refractivity contribution >= 4 is 27.2 Å². The highest BCUT2D eigenvalue weighted by Crippen LogP contribution is 2.13. The van der Waals surface area contributed by atoms with Crippen molar-refractivity contribution in [1.29, 1.82) is 0 Å². The van der Waals surface area contributed by atoms with Crippen LogP contribution in [0.25, 0.3) is 0 Å². The molecule has 0 radical (unpaired) electrons. The lowest BCUT2D eigenvalue weighted by Gasteiger charge is -2.26. The lowest BCUT2D eigenvalue weighted by molar-refractivity contribution is 0.285. The first-order valence-electron chi connectivity index (χ1n) is 7.35. The van der Waals surface area contributed by atoms with E-state index in [0.717, 1.165) is 26.1 Å². The van der Waals surface area contributed by atoms with Crippen molar-refractivity contribution in [2.75, 3.05) is 32.7 Å². The van der Waals surface area contributed by atoms with E-state index in [-0.39, 0.29) is 4.99 Å². The molecule has 0 amide bonds. The molecule has 0 aromatic rings. The van der Waals surface area contributed by atoms with E-state index in [1.54, 1.807) is 6.92 Å². The summed E-state index contributed by atoms with van der Waals surface area (Å²) in [7, 11) is -3.43. The number of hydrogen-bond acceptors (Lipinski definition) is 4. The van der Waals surface area contributed by atoms with Crippen molar-refractivity contribution in [3.8, 4) is 0 Å². The Kier molecular flexibility index (Phi) is 9.54. The highest BCUT2D eigenvalue weighted by Gasteiger charge is 2.31. The number of rotatable bonds is 11. The molecule has 0 aromatic carbocycles. The van der Waals surface area contributed by atoms with Crippen LogP contribution in [0.1, 0.15) is 40.5 Å². The van der Waals surface area contributed by atoms with Gasteiger partial charge < -0.3 is 10.6 Å². The van der Waals surface area contributed by atoms with Crippen LogP contribution in [0, 0.1) is 0 Å². The van der Waals surface area contributed by atoms with E-state index in [1.807, 2.05) is 6.92 Å². The molecule has 0 rings (SSSR count). The second-order valence-corrected chi connectivity index (χ2v) is 7.30. The predicted octanol–water partition coefficient (Wildman–Crippen LogP) is 1.43. The standard InChI is InChI=1S/C13H29N3O2S2/c1-5-12(13(14)19)20(17,18)16(8-4)11-9-10-15(6-2)7-3/h12H,5-11H2,1-4H3,(H2,14,19). The van der Waals surface area contributed by atoms with E-state index in [4.69, 9.17) is 18.0 Å². The van der Waals surface area contributed by atoms with Crippen LogP contribution in [-0.2, 0) is 10.0 Å². The maximum Gasteiger partial charge on any atom is 0.223 e. The Bertz CT molecular complexity index is 381. The van der Waals surface area contributed by atoms with Crippen LogP contribution in [0.5, 0.6) is 0 Å². The molecule has 5 nitrogen and oxygen atoms in total. The number of nitrogens with two attached hydrogens (primary N) is 1. The third-order valence-corrected chi connectivity index (χ3v) is 6.44. The molecule has 0 aliphatic heterocycles. The molecule has 0 spiro atoms. The van der Waals surface area contributed by atoms with Gasteiger partial charge in [-0.1, -0.05) is 39.9 Å². The van der Waals surface area contributed by atoms with Gasteiger partial charge in [-0.3, -0.25) is 0 Å². The zero-order valence-corrected chi connectivity index (χ0v) is 14.8. The monoisotopic (exact) mass is 323 g/mol. The quantitative estimate of drug-likeness (QED) is 0.583. The number of nitrogens with zero attached hydrogens (tertiary/aromatic N) is 2. The molecule has 7 heteroatoms. The fraction of sp³-hybridized carbons (Fsp3) is 0.923. The van der Waals surface area contributed by atoms with Gasteiger partial charge in [-0.2, -0.15) is 0 Å². The normalized spacial score (nSPS) is 13.9. The maximum absolute atomic E-state index is 12.5. The van der Waals surface area contributed by atoms with Crippen LogP contribution < -0.4 is 5.73 Å². The molecule has 0 aliphatic carbocycles. The van der Waals surface area contributed by atoms with E-state index in [0.29, 0.717) is 19.5 Å². The first-order chi connectivity index (χ1) is 9.34. The molecule has 0 fully saturated rings. The Hall–Kier alpha value is -0.240. The number of hydrogen-bond donors (Lipinski definition) is 1. The summed E-state index contributed by atoms with van der Waals surface area (Å²) in [6.45, 7) is 11.7. The van der Waals surface area contributed by atoms with Gasteiger partial charge >= 0.3 is 0 Å². The van der Waals surface area contributed by atoms with Crippen molar-refractivity contribution in [2.45, 2.75) is 45.8 Å². The molecule has 0 saturated carbocycles. The molecule has 2 N–H and O–H groups in total. The first kappa shape index (κ1) is 19.8. The number of thiocarbonyl (C=S) groups is 1. The fourth-order valence-corrected chi connectivity index (χ4v) is 4.56. The predicted molar refractivity (Wildman–Crippen MR) is 89.4 cm³/mol. The fourth-order valence-electron chi connectivity index (χ4n) is 2.21. The van der Waals surface area contributed by atoms with E-state index in [2.05, 4.69) is 18.7 Å². The second-order valence-electron chi connectivity index (χ2n) is 4.72. The maximum atomic E-state index is 12.5. The minimum atomic E-state index is -3.43. The van der Waals surface area contributed by atoms with Crippen LogP contribution in [0.3, 0.4) is 0 Å². The van der Waals surface area contributed by atoms with Crippen LogP contribution in [0.2, 0.25) is 0 Å². The van der Waals surface area contributed by atoms with Gasteiger partial charge in [0.2, 0.25) is 10.0 Å². The Labute approximate surface area is 129 Å². The van der Waals surface area contributed by atoms with Crippen LogP contribution in [0.4, 0.5) is 0 Å². The zero-order valence-electron chi connectivity index (χ0n) is 13.1. The highest BCUT2D eigenvalue weighted by molar-refractivity contribution is 7.92. The highest BCUT2D eigenvalue weighted by atomic mass is 32.2. The third kappa shape index (κ3) is 5.63. The van der Waals surface area contributed by atoms with Gasteiger partial charge in [-0.15, -0.1) is 0 Å². The minimum absolute atomic E-state index is 0.0645. The average molecular weight is 324 g/mol. The van der Waals surface area contributed by atoms with Gasteiger partial charge in [-0.25, -0.2) is 12.7 Å². The summed E-state index contributed by atoms with van der Waals surface area (Å²) in [5.74, 6) is 0. The van der Waals surface area contributed by atoms with Gasteiger partial charge in [0, 0.05) is 13.1 Å². The van der Waals surface area contributed by atoms with Gasteiger partial charge in [-0.05, 0) is 32.5 Å². The summed E-state index contributed by atoms with van der Waals surface area (Å²) in [5.41, 5.74) is 5.56. The van der Waals surface area contributed by atoms with E-state index >= 15 is 0 Å². The van der Waals surface area contributed by atoms with E-state index < -0.39 is 15.3 Å². The van der Waals surface area contributed by atoms with Gasteiger partial charge in [0.1, 0.15) is 5.25 Å². The SMILES string of the molecule is CCC(C(N)=S)S(=O)(=O)N(CC)CCCN(CC)CC. The topological polar surface area (TPSA) is 66.6 Å². The van der Waals surface area contributed by atoms with Gasteiger partial charge in [0.25, 0.3) is 0 Å². The van der Waals surface area contributed by atoms with Crippen molar-refractivity contribution < 1.29 is 8.42 Å². The Morgan fingerprint density at radius 2 is 1.65 bits per heavy atom. The molecular formula is C13H29N3O2S2. The Morgan fingerprint density at radius 1 is 1.10 bits per heavy atom. The van der Waals surface area contributed by atoms with Gasteiger partial charge in [0.15, 0.2) is 0 Å². The lowest BCUT2D eigenvalue weighted by atomic mass is 10.3. The molecule has 0 saturated heterocycles. The van der Waals surface area contributed by atoms with Gasteiger partial charge in [0.05, 0.1) is 4.99 Å². The Morgan fingerprint density at radius 3 is 2.00 bits per heavy atom. The zero-order chi connectivity index (χ0) is 15.8. The number of sulfonamides is 1. The molecule has 1 atom stereocenters. The molecule has 0 bridgehead atoms. The molecule has 0 aromatic heterocycles. The summed E-state index contributed by atoms with van der Waals surface area (Å²) < 4.78 is 26.5. The smallest absolute Gasteiger partial charge is 0.223 e. The summed E-state index contributed by atoms with van der Waals surface area (Å²) >= 11 is 4.89. The van der Waals surface area contributed by atoms with Crippen LogP contribution in [-0.4, -0.2) is 60.6 Å². The molecule has 1 unspecified atom stereocenters. The lowest BCUT2D eigenvalue weighted by Crippen LogP contribution is -2.45. The second kappa shape index (κ2) is 9.65. The van der Waals surface area contributed by atoms with Crippen molar-refractivity contribution in [3.63, 3.8) is 0 Å². The summed E-state index contributed by atoms with van der Waals surface area (Å²) in [4.78, 5) is 2.35. The average Bonchev–Trinajstić information content (AvgIpc) is 2.38. The van der Waals surface area contributed by atoms with Crippen LogP contribution in [0.15, 0.2) is 0 Å².